The van der Waals surface area contributed by atoms with Gasteiger partial charge in [0.15, 0.2) is 0 Å². The van der Waals surface area contributed by atoms with Gasteiger partial charge in [-0.05, 0) is 19.4 Å². The molecule has 0 saturated carbocycles. The van der Waals surface area contributed by atoms with Gasteiger partial charge in [-0.25, -0.2) is 4.98 Å². The van der Waals surface area contributed by atoms with Gasteiger partial charge in [0.2, 0.25) is 5.91 Å². The summed E-state index contributed by atoms with van der Waals surface area (Å²) in [5.74, 6) is -0.263. The second kappa shape index (κ2) is 6.58. The molecule has 7 heteroatoms. The van der Waals surface area contributed by atoms with Crippen molar-refractivity contribution in [2.45, 2.75) is 20.3 Å². The van der Waals surface area contributed by atoms with Crippen molar-refractivity contribution in [3.8, 4) is 0 Å². The average molecular weight is 309 g/mol. The molecule has 0 bridgehead atoms. The Morgan fingerprint density at radius 1 is 1.33 bits per heavy atom. The van der Waals surface area contributed by atoms with E-state index < -0.39 is 0 Å². The molecule has 2 aromatic heterocycles. The molecule has 0 unspecified atom stereocenters. The van der Waals surface area contributed by atoms with Crippen molar-refractivity contribution in [2.75, 3.05) is 13.1 Å². The normalized spacial score (nSPS) is 10.6. The molecular weight excluding hydrogens is 292 g/mol. The molecule has 0 saturated heterocycles. The van der Waals surface area contributed by atoms with Crippen LogP contribution in [0.25, 0.3) is 5.65 Å². The second-order valence-electron chi connectivity index (χ2n) is 4.71. The fourth-order valence-electron chi connectivity index (χ4n) is 2.05. The topological polar surface area (TPSA) is 75.5 Å². The van der Waals surface area contributed by atoms with Crippen molar-refractivity contribution in [2.24, 2.45) is 0 Å². The van der Waals surface area contributed by atoms with Gasteiger partial charge in [0, 0.05) is 37.3 Å². The number of nitrogens with zero attached hydrogens (tertiary/aromatic N) is 2. The molecule has 0 spiro atoms. The predicted molar refractivity (Wildman–Crippen MR) is 80.6 cm³/mol. The zero-order valence-corrected chi connectivity index (χ0v) is 12.7. The van der Waals surface area contributed by atoms with Gasteiger partial charge in [-0.1, -0.05) is 11.6 Å². The largest absolute Gasteiger partial charge is 0.356 e. The molecule has 0 aliphatic rings. The molecule has 2 N–H and O–H groups in total. The maximum atomic E-state index is 12.2. The van der Waals surface area contributed by atoms with E-state index in [9.17, 15) is 9.59 Å². The Kier molecular flexibility index (Phi) is 4.80. The highest BCUT2D eigenvalue weighted by atomic mass is 35.5. The Labute approximate surface area is 127 Å². The van der Waals surface area contributed by atoms with Crippen LogP contribution in [0.2, 0.25) is 5.02 Å². The molecule has 0 aliphatic carbocycles. The third-order valence-corrected chi connectivity index (χ3v) is 3.23. The molecule has 6 nitrogen and oxygen atoms in total. The lowest BCUT2D eigenvalue weighted by Crippen LogP contribution is -2.29. The van der Waals surface area contributed by atoms with Crippen molar-refractivity contribution in [3.63, 3.8) is 0 Å². The lowest BCUT2D eigenvalue weighted by Gasteiger charge is -2.06. The lowest BCUT2D eigenvalue weighted by atomic mass is 10.3. The van der Waals surface area contributed by atoms with Crippen molar-refractivity contribution >= 4 is 29.1 Å². The Morgan fingerprint density at radius 2 is 2.05 bits per heavy atom. The molecule has 2 aromatic rings. The standard InChI is InChI=1S/C14H17ClN4O2/c1-9-13(14(21)17-6-3-5-16-10(2)20)19-7-4-11(15)8-12(19)18-9/h4,7-8H,3,5-6H2,1-2H3,(H,16,20)(H,17,21). The molecule has 2 amide bonds. The van der Waals surface area contributed by atoms with Crippen molar-refractivity contribution in [3.05, 3.63) is 34.7 Å². The average Bonchev–Trinajstić information content (AvgIpc) is 2.72. The van der Waals surface area contributed by atoms with Crippen LogP contribution in [-0.2, 0) is 4.79 Å². The van der Waals surface area contributed by atoms with E-state index in [2.05, 4.69) is 15.6 Å². The Morgan fingerprint density at radius 3 is 2.76 bits per heavy atom. The van der Waals surface area contributed by atoms with E-state index in [0.717, 1.165) is 0 Å². The first-order chi connectivity index (χ1) is 9.99. The summed E-state index contributed by atoms with van der Waals surface area (Å²) in [6, 6.07) is 3.42. The minimum absolute atomic E-state index is 0.0733. The number of nitrogens with one attached hydrogen (secondary N) is 2. The number of hydrogen-bond donors (Lipinski definition) is 2. The first-order valence-corrected chi connectivity index (χ1v) is 7.03. The van der Waals surface area contributed by atoms with Gasteiger partial charge in [0.25, 0.3) is 5.91 Å². The van der Waals surface area contributed by atoms with E-state index in [1.807, 2.05) is 0 Å². The number of carbonyl (C=O) groups excluding carboxylic acids is 2. The summed E-state index contributed by atoms with van der Waals surface area (Å²) in [5.41, 5.74) is 1.79. The van der Waals surface area contributed by atoms with Gasteiger partial charge < -0.3 is 10.6 Å². The summed E-state index contributed by atoms with van der Waals surface area (Å²) in [6.45, 7) is 4.27. The smallest absolute Gasteiger partial charge is 0.270 e. The predicted octanol–water partition coefficient (Wildman–Crippen LogP) is 1.55. The number of carbonyl (C=O) groups is 2. The van der Waals surface area contributed by atoms with E-state index in [1.165, 1.54) is 6.92 Å². The lowest BCUT2D eigenvalue weighted by molar-refractivity contribution is -0.118. The molecule has 0 fully saturated rings. The van der Waals surface area contributed by atoms with Gasteiger partial charge in [0.05, 0.1) is 5.69 Å². The van der Waals surface area contributed by atoms with E-state index in [-0.39, 0.29) is 11.8 Å². The minimum Gasteiger partial charge on any atom is -0.356 e. The highest BCUT2D eigenvalue weighted by molar-refractivity contribution is 6.30. The zero-order chi connectivity index (χ0) is 15.4. The van der Waals surface area contributed by atoms with Gasteiger partial charge in [-0.2, -0.15) is 0 Å². The number of imidazole rings is 1. The number of hydrogen-bond acceptors (Lipinski definition) is 3. The molecule has 2 heterocycles. The quantitative estimate of drug-likeness (QED) is 0.823. The fourth-order valence-corrected chi connectivity index (χ4v) is 2.20. The molecule has 112 valence electrons. The van der Waals surface area contributed by atoms with Crippen LogP contribution in [0.5, 0.6) is 0 Å². The maximum absolute atomic E-state index is 12.2. The van der Waals surface area contributed by atoms with Crippen LogP contribution in [-0.4, -0.2) is 34.3 Å². The van der Waals surface area contributed by atoms with Gasteiger partial charge in [-0.15, -0.1) is 0 Å². The van der Waals surface area contributed by atoms with Crippen molar-refractivity contribution < 1.29 is 9.59 Å². The first kappa shape index (κ1) is 15.3. The third-order valence-electron chi connectivity index (χ3n) is 2.99. The third kappa shape index (κ3) is 3.72. The Balaban J connectivity index is 2.02. The maximum Gasteiger partial charge on any atom is 0.270 e. The summed E-state index contributed by atoms with van der Waals surface area (Å²) in [5, 5.41) is 6.08. The summed E-state index contributed by atoms with van der Waals surface area (Å²) in [7, 11) is 0. The number of pyridine rings is 1. The van der Waals surface area contributed by atoms with Crippen LogP contribution < -0.4 is 10.6 Å². The summed E-state index contributed by atoms with van der Waals surface area (Å²) >= 11 is 5.92. The van der Waals surface area contributed by atoms with Crippen LogP contribution in [0, 0.1) is 6.92 Å². The fraction of sp³-hybridized carbons (Fsp3) is 0.357. The first-order valence-electron chi connectivity index (χ1n) is 6.66. The second-order valence-corrected chi connectivity index (χ2v) is 5.15. The molecule has 0 atom stereocenters. The van der Waals surface area contributed by atoms with E-state index in [0.29, 0.717) is 41.6 Å². The van der Waals surface area contributed by atoms with Crippen molar-refractivity contribution in [1.29, 1.82) is 0 Å². The van der Waals surface area contributed by atoms with E-state index >= 15 is 0 Å². The molecule has 0 aromatic carbocycles. The number of aryl methyl sites for hydroxylation is 1. The van der Waals surface area contributed by atoms with Gasteiger partial charge >= 0.3 is 0 Å². The highest BCUT2D eigenvalue weighted by Crippen LogP contribution is 2.16. The number of rotatable bonds is 5. The number of fused-ring (bicyclic) bond motifs is 1. The SMILES string of the molecule is CC(=O)NCCCNC(=O)c1c(C)nc2cc(Cl)ccn12. The molecule has 21 heavy (non-hydrogen) atoms. The van der Waals surface area contributed by atoms with E-state index in [1.54, 1.807) is 29.7 Å². The zero-order valence-electron chi connectivity index (χ0n) is 11.9. The monoisotopic (exact) mass is 308 g/mol. The molecule has 2 rings (SSSR count). The number of aromatic nitrogens is 2. The van der Waals surface area contributed by atoms with Crippen LogP contribution in [0.1, 0.15) is 29.5 Å². The van der Waals surface area contributed by atoms with Crippen LogP contribution >= 0.6 is 11.6 Å². The Bertz CT molecular complexity index is 681. The summed E-state index contributed by atoms with van der Waals surface area (Å²) in [6.07, 6.45) is 2.40. The molecule has 0 radical (unpaired) electrons. The molecular formula is C14H17ClN4O2. The van der Waals surface area contributed by atoms with Crippen LogP contribution in [0.4, 0.5) is 0 Å². The number of halogens is 1. The minimum atomic E-state index is -0.190. The summed E-state index contributed by atoms with van der Waals surface area (Å²) < 4.78 is 1.71. The van der Waals surface area contributed by atoms with E-state index in [4.69, 9.17) is 11.6 Å². The Hall–Kier alpha value is -2.08. The molecule has 0 aliphatic heterocycles. The van der Waals surface area contributed by atoms with Gasteiger partial charge in [0.1, 0.15) is 11.3 Å². The van der Waals surface area contributed by atoms with Gasteiger partial charge in [-0.3, -0.25) is 14.0 Å². The number of amides is 2. The van der Waals surface area contributed by atoms with Crippen LogP contribution in [0.3, 0.4) is 0 Å². The highest BCUT2D eigenvalue weighted by Gasteiger charge is 2.16. The van der Waals surface area contributed by atoms with Crippen LogP contribution in [0.15, 0.2) is 18.3 Å². The van der Waals surface area contributed by atoms with Crippen molar-refractivity contribution in [1.82, 2.24) is 20.0 Å². The summed E-state index contributed by atoms with van der Waals surface area (Å²) in [4.78, 5) is 27.3.